The molecule has 1 aromatic rings. The van der Waals surface area contributed by atoms with Gasteiger partial charge in [0, 0.05) is 37.3 Å². The first-order valence-electron chi connectivity index (χ1n) is 19.4. The maximum Gasteiger partial charge on any atom is 0.269 e. The summed E-state index contributed by atoms with van der Waals surface area (Å²) in [5, 5.41) is 105. The molecule has 0 radical (unpaired) electrons. The van der Waals surface area contributed by atoms with Crippen LogP contribution < -0.4 is 39.7 Å². The molecule has 4 aliphatic rings. The van der Waals surface area contributed by atoms with E-state index in [0.717, 1.165) is 0 Å². The van der Waals surface area contributed by atoms with Gasteiger partial charge in [-0.1, -0.05) is 23.2 Å². The summed E-state index contributed by atoms with van der Waals surface area (Å²) in [5.41, 5.74) is 35.8. The van der Waals surface area contributed by atoms with Crippen LogP contribution >= 0.6 is 23.2 Å². The number of nitro benzene ring substituents is 1. The Bertz CT molecular complexity index is 1570. The molecule has 0 unspecified atom stereocenters. The van der Waals surface area contributed by atoms with E-state index in [2.05, 4.69) is 5.32 Å². The third-order valence-corrected chi connectivity index (χ3v) is 11.3. The summed E-state index contributed by atoms with van der Waals surface area (Å²) in [5.74, 6) is -0.756. The molecular weight excluding hydrogens is 879 g/mol. The van der Waals surface area contributed by atoms with E-state index in [1.54, 1.807) is 0 Å². The largest absolute Gasteiger partial charge is 0.394 e. The van der Waals surface area contributed by atoms with E-state index in [1.165, 1.54) is 24.3 Å². The third-order valence-electron chi connectivity index (χ3n) is 10.9. The third kappa shape index (κ3) is 12.2. The Morgan fingerprint density at radius 2 is 1.23 bits per heavy atom. The number of halogens is 2. The average Bonchev–Trinajstić information content (AvgIpc) is 3.55. The zero-order valence-corrected chi connectivity index (χ0v) is 34.4. The number of nitrogens with one attached hydrogen (secondary N) is 1. The van der Waals surface area contributed by atoms with Crippen LogP contribution in [0.4, 0.5) is 5.69 Å². The normalized spacial score (nSPS) is 40.9. The molecule has 1 aromatic carbocycles. The van der Waals surface area contributed by atoms with Crippen molar-refractivity contribution >= 4 is 34.8 Å². The lowest BCUT2D eigenvalue weighted by molar-refractivity contribution is -0.384. The Morgan fingerprint density at radius 1 is 0.742 bits per heavy atom. The van der Waals surface area contributed by atoms with Gasteiger partial charge < -0.3 is 114 Å². The minimum absolute atomic E-state index is 0.0889. The molecule has 21 atom stereocenters. The van der Waals surface area contributed by atoms with Gasteiger partial charge in [-0.2, -0.15) is 0 Å². The van der Waals surface area contributed by atoms with E-state index in [0.29, 0.717) is 5.56 Å². The second kappa shape index (κ2) is 23.3. The van der Waals surface area contributed by atoms with E-state index in [4.69, 9.17) is 91.1 Å². The van der Waals surface area contributed by atoms with Gasteiger partial charge in [-0.25, -0.2) is 0 Å². The fraction of sp³-hybridized carbons (Fsp3) is 0.794. The minimum Gasteiger partial charge on any atom is -0.394 e. The van der Waals surface area contributed by atoms with Crippen molar-refractivity contribution in [3.05, 3.63) is 39.9 Å². The SMILES string of the molecule is NC[C@@H]1O[C@H](O[C@H]2[C@@H](O)[C@H](O[C@@H]3[C@@H](O)[C@H](N)C[C@H](N)[C@H]3O[C@H]3O[C@H](CN)[C@@H](O)[C@H](O)[C@H]3N)O[C@@H]2CO)[C@H](N)[C@@H](O)[C@@H]1O.O=C(N[C@H](CO)[C@H](O)c1ccc([N+](=O)[O-])cc1)C(Cl)Cl. The van der Waals surface area contributed by atoms with Crippen LogP contribution in [0.1, 0.15) is 18.1 Å². The first kappa shape index (κ1) is 52.5. The Hall–Kier alpha value is -2.17. The number of nitrogens with two attached hydrogens (primary N) is 6. The van der Waals surface area contributed by atoms with E-state index < -0.39 is 157 Å². The Labute approximate surface area is 363 Å². The summed E-state index contributed by atoms with van der Waals surface area (Å²) in [6, 6.07) is -0.131. The number of amides is 1. The molecule has 5 rings (SSSR count). The molecule has 1 aliphatic carbocycles. The van der Waals surface area contributed by atoms with E-state index >= 15 is 0 Å². The van der Waals surface area contributed by atoms with Crippen molar-refractivity contribution in [2.24, 2.45) is 34.4 Å². The van der Waals surface area contributed by atoms with Crippen molar-refractivity contribution in [2.45, 2.75) is 140 Å². The highest BCUT2D eigenvalue weighted by Crippen LogP contribution is 2.34. The molecule has 3 heterocycles. The molecule has 28 heteroatoms. The van der Waals surface area contributed by atoms with Crippen LogP contribution in [0.5, 0.6) is 0 Å². The topological polar surface area (TPSA) is 466 Å². The molecular formula is C34H58Cl2N8O18. The zero-order valence-electron chi connectivity index (χ0n) is 32.9. The molecule has 3 aliphatic heterocycles. The van der Waals surface area contributed by atoms with Gasteiger partial charge in [-0.3, -0.25) is 14.9 Å². The van der Waals surface area contributed by atoms with Gasteiger partial charge in [-0.05, 0) is 24.1 Å². The number of nitrogens with zero attached hydrogens (tertiary/aromatic N) is 1. The fourth-order valence-electron chi connectivity index (χ4n) is 7.24. The van der Waals surface area contributed by atoms with Crippen LogP contribution in [-0.4, -0.2) is 210 Å². The highest BCUT2D eigenvalue weighted by molar-refractivity contribution is 6.53. The van der Waals surface area contributed by atoms with Crippen LogP contribution in [0.2, 0.25) is 0 Å². The monoisotopic (exact) mass is 936 g/mol. The highest BCUT2D eigenvalue weighted by atomic mass is 35.5. The number of rotatable bonds is 15. The lowest BCUT2D eigenvalue weighted by Gasteiger charge is -2.47. The summed E-state index contributed by atoms with van der Waals surface area (Å²) in [6.45, 7) is -1.52. The van der Waals surface area contributed by atoms with Crippen LogP contribution in [0.3, 0.4) is 0 Å². The van der Waals surface area contributed by atoms with Crippen LogP contribution in [0.15, 0.2) is 24.3 Å². The van der Waals surface area contributed by atoms with Crippen molar-refractivity contribution in [3.63, 3.8) is 0 Å². The van der Waals surface area contributed by atoms with Gasteiger partial charge in [0.2, 0.25) is 0 Å². The number of benzene rings is 1. The first-order chi connectivity index (χ1) is 29.2. The molecule has 1 amide bonds. The molecule has 62 heavy (non-hydrogen) atoms. The molecule has 0 spiro atoms. The lowest BCUT2D eigenvalue weighted by Crippen LogP contribution is -2.68. The Balaban J connectivity index is 0.000000354. The van der Waals surface area contributed by atoms with Crippen LogP contribution in [0, 0.1) is 10.1 Å². The molecule has 3 saturated heterocycles. The maximum atomic E-state index is 11.3. The van der Waals surface area contributed by atoms with Gasteiger partial charge in [0.25, 0.3) is 11.6 Å². The van der Waals surface area contributed by atoms with Crippen LogP contribution in [0.25, 0.3) is 0 Å². The molecule has 4 fully saturated rings. The predicted octanol–water partition coefficient (Wildman–Crippen LogP) is -7.99. The number of non-ortho nitro benzene ring substituents is 1. The lowest BCUT2D eigenvalue weighted by atomic mass is 9.84. The number of hydrogen-bond acceptors (Lipinski definition) is 24. The molecule has 1 saturated carbocycles. The van der Waals surface area contributed by atoms with Crippen molar-refractivity contribution in [1.82, 2.24) is 5.32 Å². The number of ether oxygens (including phenoxy) is 6. The van der Waals surface area contributed by atoms with Gasteiger partial charge in [-0.15, -0.1) is 0 Å². The number of aliphatic hydroxyl groups is 9. The van der Waals surface area contributed by atoms with E-state index in [-0.39, 0.29) is 25.2 Å². The van der Waals surface area contributed by atoms with E-state index in [1.807, 2.05) is 0 Å². The zero-order chi connectivity index (χ0) is 46.3. The Morgan fingerprint density at radius 3 is 1.68 bits per heavy atom. The predicted molar refractivity (Wildman–Crippen MR) is 211 cm³/mol. The summed E-state index contributed by atoms with van der Waals surface area (Å²) in [4.78, 5) is 19.9. The average molecular weight is 938 g/mol. The fourth-order valence-corrected chi connectivity index (χ4v) is 7.36. The quantitative estimate of drug-likeness (QED) is 0.0441. The number of aliphatic hydroxyl groups excluding tert-OH is 9. The number of alkyl halides is 2. The summed E-state index contributed by atoms with van der Waals surface area (Å²) in [7, 11) is 0. The van der Waals surface area contributed by atoms with Crippen molar-refractivity contribution < 1.29 is 84.1 Å². The first-order valence-corrected chi connectivity index (χ1v) is 20.2. The second-order valence-corrected chi connectivity index (χ2v) is 16.2. The van der Waals surface area contributed by atoms with Crippen molar-refractivity contribution in [1.29, 1.82) is 0 Å². The van der Waals surface area contributed by atoms with Crippen molar-refractivity contribution in [3.8, 4) is 0 Å². The number of carbonyl (C=O) groups is 1. The highest BCUT2D eigenvalue weighted by Gasteiger charge is 2.54. The summed E-state index contributed by atoms with van der Waals surface area (Å²) >= 11 is 10.7. The van der Waals surface area contributed by atoms with Gasteiger partial charge in [0.1, 0.15) is 73.2 Å². The van der Waals surface area contributed by atoms with Gasteiger partial charge in [0.05, 0.1) is 42.4 Å². The number of carbonyl (C=O) groups excluding carboxylic acids is 1. The standard InChI is InChI=1S/C23H46N6O13.C11H12Cl2N2O5/c24-2-7-13(32)15(34)10(28)21(37-7)40-18-6(27)1-5(26)12(31)20(18)42-23-17(36)19(9(4-30)39-23)41-22-11(29)16(35)14(33)8(3-25)38-22;12-10(13)11(18)14-8(5-16)9(17)6-1-3-7(4-2-6)15(19)20/h5-23,30-36H,1-4,24-29H2;1-4,8-10,16-17H,5H2,(H,14,18)/t5-,6+,7-,8+,9-,10-,11-,12+,13-,14-,15-,16-,17-,18-,19-,20-,21-,22-,23+;8-,9-/m11/s1. The van der Waals surface area contributed by atoms with E-state index in [9.17, 15) is 55.8 Å². The summed E-state index contributed by atoms with van der Waals surface area (Å²) < 4.78 is 34.6. The smallest absolute Gasteiger partial charge is 0.269 e. The molecule has 356 valence electrons. The summed E-state index contributed by atoms with van der Waals surface area (Å²) in [6.07, 6.45) is -21.0. The van der Waals surface area contributed by atoms with Crippen LogP contribution in [-0.2, 0) is 33.2 Å². The van der Waals surface area contributed by atoms with Crippen molar-refractivity contribution in [2.75, 3.05) is 26.3 Å². The molecule has 26 nitrogen and oxygen atoms in total. The number of nitro groups is 1. The maximum absolute atomic E-state index is 11.3. The minimum atomic E-state index is -1.60. The molecule has 22 N–H and O–H groups in total. The molecule has 0 aromatic heterocycles. The molecule has 0 bridgehead atoms. The second-order valence-electron chi connectivity index (χ2n) is 15.1. The number of hydrogen-bond donors (Lipinski definition) is 16. The Kier molecular flexibility index (Phi) is 19.7. The van der Waals surface area contributed by atoms with Gasteiger partial charge in [0.15, 0.2) is 23.7 Å². The van der Waals surface area contributed by atoms with Gasteiger partial charge >= 0.3 is 0 Å².